The molecule has 8 heteroatoms. The van der Waals surface area contributed by atoms with Gasteiger partial charge in [0.25, 0.3) is 0 Å². The van der Waals surface area contributed by atoms with Crippen LogP contribution in [-0.2, 0) is 27.3 Å². The number of anilines is 1. The summed E-state index contributed by atoms with van der Waals surface area (Å²) in [7, 11) is 1.66. The third-order valence-electron chi connectivity index (χ3n) is 7.96. The third kappa shape index (κ3) is 6.93. The number of rotatable bonds is 7. The summed E-state index contributed by atoms with van der Waals surface area (Å²) in [6, 6.07) is 13.0. The Morgan fingerprint density at radius 1 is 1.22 bits per heavy atom. The average molecular weight is 578 g/mol. The SMILES string of the molecule is CO[C@H]1CN(c2nc(-c3cccc(C)c3OCc3ccc4c(c3)CCNC[C@H]4C)cs2)CC[C@H]1C(=O)OC(C)(C)C. The van der Waals surface area contributed by atoms with E-state index in [1.54, 1.807) is 18.4 Å². The molecule has 0 spiro atoms. The van der Waals surface area contributed by atoms with Crippen molar-refractivity contribution in [1.82, 2.24) is 10.3 Å². The molecule has 0 radical (unpaired) electrons. The second kappa shape index (κ2) is 12.5. The fourth-order valence-electron chi connectivity index (χ4n) is 5.81. The van der Waals surface area contributed by atoms with Gasteiger partial charge in [-0.25, -0.2) is 4.98 Å². The zero-order valence-corrected chi connectivity index (χ0v) is 26.0. The average Bonchev–Trinajstić information content (AvgIpc) is 3.36. The first-order valence-electron chi connectivity index (χ1n) is 14.6. The summed E-state index contributed by atoms with van der Waals surface area (Å²) in [6.07, 6.45) is 1.46. The highest BCUT2D eigenvalue weighted by molar-refractivity contribution is 7.14. The van der Waals surface area contributed by atoms with E-state index in [2.05, 4.69) is 65.8 Å². The van der Waals surface area contributed by atoms with Crippen molar-refractivity contribution >= 4 is 22.4 Å². The Bertz CT molecular complexity index is 1360. The molecular formula is C33H43N3O4S. The van der Waals surface area contributed by atoms with Crippen molar-refractivity contribution in [1.29, 1.82) is 0 Å². The van der Waals surface area contributed by atoms with Gasteiger partial charge < -0.3 is 24.4 Å². The monoisotopic (exact) mass is 577 g/mol. The molecule has 7 nitrogen and oxygen atoms in total. The van der Waals surface area contributed by atoms with E-state index in [4.69, 9.17) is 19.2 Å². The summed E-state index contributed by atoms with van der Waals surface area (Å²) < 4.78 is 17.9. The molecule has 1 fully saturated rings. The van der Waals surface area contributed by atoms with E-state index in [1.165, 1.54) is 16.7 Å². The smallest absolute Gasteiger partial charge is 0.312 e. The van der Waals surface area contributed by atoms with Crippen LogP contribution < -0.4 is 15.0 Å². The number of aromatic nitrogens is 1. The Morgan fingerprint density at radius 3 is 2.83 bits per heavy atom. The molecule has 1 N–H and O–H groups in total. The molecule has 3 heterocycles. The van der Waals surface area contributed by atoms with E-state index < -0.39 is 5.60 Å². The van der Waals surface area contributed by atoms with Crippen molar-refractivity contribution in [2.24, 2.45) is 5.92 Å². The second-order valence-corrected chi connectivity index (χ2v) is 13.1. The summed E-state index contributed by atoms with van der Waals surface area (Å²) in [4.78, 5) is 20.0. The summed E-state index contributed by atoms with van der Waals surface area (Å²) in [5.74, 6) is 0.921. The molecule has 1 aromatic heterocycles. The van der Waals surface area contributed by atoms with Crippen LogP contribution in [0.4, 0.5) is 5.13 Å². The quantitative estimate of drug-likeness (QED) is 0.339. The number of carbonyl (C=O) groups is 1. The molecule has 41 heavy (non-hydrogen) atoms. The Morgan fingerprint density at radius 2 is 2.05 bits per heavy atom. The Labute approximate surface area is 248 Å². The second-order valence-electron chi connectivity index (χ2n) is 12.3. The largest absolute Gasteiger partial charge is 0.488 e. The Balaban J connectivity index is 1.30. The fraction of sp³-hybridized carbons (Fsp3) is 0.515. The molecular weight excluding hydrogens is 534 g/mol. The van der Waals surface area contributed by atoms with Crippen molar-refractivity contribution in [2.75, 3.05) is 38.2 Å². The van der Waals surface area contributed by atoms with Gasteiger partial charge in [0.2, 0.25) is 0 Å². The number of nitrogens with zero attached hydrogens (tertiary/aromatic N) is 2. The maximum absolute atomic E-state index is 12.8. The lowest BCUT2D eigenvalue weighted by Crippen LogP contribution is -2.49. The number of hydrogen-bond acceptors (Lipinski definition) is 8. The van der Waals surface area contributed by atoms with Gasteiger partial charge in [-0.1, -0.05) is 37.3 Å². The zero-order valence-electron chi connectivity index (χ0n) is 25.2. The molecule has 2 aliphatic rings. The Hall–Kier alpha value is -2.94. The first-order chi connectivity index (χ1) is 19.6. The molecule has 0 amide bonds. The predicted molar refractivity (Wildman–Crippen MR) is 165 cm³/mol. The van der Waals surface area contributed by atoms with Crippen LogP contribution in [0.15, 0.2) is 41.8 Å². The van der Waals surface area contributed by atoms with E-state index in [-0.39, 0.29) is 18.0 Å². The maximum atomic E-state index is 12.8. The van der Waals surface area contributed by atoms with Crippen molar-refractivity contribution in [3.8, 4) is 17.0 Å². The van der Waals surface area contributed by atoms with E-state index in [9.17, 15) is 4.79 Å². The van der Waals surface area contributed by atoms with Crippen molar-refractivity contribution in [3.63, 3.8) is 0 Å². The van der Waals surface area contributed by atoms with E-state index in [1.807, 2.05) is 20.8 Å². The van der Waals surface area contributed by atoms with Crippen LogP contribution in [0.2, 0.25) is 0 Å². The number of thiazole rings is 1. The van der Waals surface area contributed by atoms with E-state index in [0.29, 0.717) is 25.5 Å². The minimum atomic E-state index is -0.514. The normalized spacial score (nSPS) is 21.2. The molecule has 2 aromatic carbocycles. The van der Waals surface area contributed by atoms with E-state index in [0.717, 1.165) is 53.8 Å². The van der Waals surface area contributed by atoms with Crippen molar-refractivity contribution < 1.29 is 19.0 Å². The van der Waals surface area contributed by atoms with Gasteiger partial charge in [0.15, 0.2) is 5.13 Å². The van der Waals surface area contributed by atoms with E-state index >= 15 is 0 Å². The molecule has 0 saturated carbocycles. The number of hydrogen-bond donors (Lipinski definition) is 1. The number of carbonyl (C=O) groups excluding carboxylic acids is 1. The lowest BCUT2D eigenvalue weighted by molar-refractivity contribution is -0.165. The lowest BCUT2D eigenvalue weighted by Gasteiger charge is -2.37. The molecule has 3 atom stereocenters. The summed E-state index contributed by atoms with van der Waals surface area (Å²) in [5.41, 5.74) is 6.51. The highest BCUT2D eigenvalue weighted by atomic mass is 32.1. The molecule has 0 unspecified atom stereocenters. The summed E-state index contributed by atoms with van der Waals surface area (Å²) >= 11 is 1.61. The molecule has 0 bridgehead atoms. The van der Waals surface area contributed by atoms with Gasteiger partial charge in [0, 0.05) is 37.7 Å². The van der Waals surface area contributed by atoms with Crippen molar-refractivity contribution in [2.45, 2.75) is 71.7 Å². The van der Waals surface area contributed by atoms with Gasteiger partial charge in [-0.05, 0) is 81.3 Å². The standard InChI is InChI=1S/C33H43N3O4S/c1-21-8-7-9-26(30(21)39-19-23-10-11-25-22(2)17-34-14-12-24(25)16-23)28-20-41-32(35-28)36-15-13-27(29(18-36)38-6)31(37)40-33(3,4)5/h7-11,16,20,22,27,29,34H,12-15,17-19H2,1-6H3/t22-,27-,29+/m1/s1. The number of esters is 1. The maximum Gasteiger partial charge on any atom is 0.312 e. The van der Waals surface area contributed by atoms with Gasteiger partial charge in [-0.15, -0.1) is 11.3 Å². The van der Waals surface area contributed by atoms with Gasteiger partial charge in [0.05, 0.1) is 17.7 Å². The van der Waals surface area contributed by atoms with Crippen LogP contribution in [0, 0.1) is 12.8 Å². The molecule has 0 aliphatic carbocycles. The van der Waals surface area contributed by atoms with Gasteiger partial charge in [-0.3, -0.25) is 4.79 Å². The summed E-state index contributed by atoms with van der Waals surface area (Å²) in [5, 5.41) is 6.55. The number of methoxy groups -OCH3 is 1. The van der Waals surface area contributed by atoms with Crippen LogP contribution >= 0.6 is 11.3 Å². The molecule has 2 aliphatic heterocycles. The summed E-state index contributed by atoms with van der Waals surface area (Å²) in [6.45, 7) is 13.9. The van der Waals surface area contributed by atoms with Crippen LogP contribution in [0.1, 0.15) is 62.3 Å². The number of piperidine rings is 1. The Kier molecular flexibility index (Phi) is 9.02. The molecule has 1 saturated heterocycles. The first kappa shape index (κ1) is 29.5. The molecule has 5 rings (SSSR count). The first-order valence-corrected chi connectivity index (χ1v) is 15.5. The fourth-order valence-corrected chi connectivity index (χ4v) is 6.67. The minimum absolute atomic E-state index is 0.189. The third-order valence-corrected chi connectivity index (χ3v) is 8.87. The van der Waals surface area contributed by atoms with Crippen molar-refractivity contribution in [3.05, 3.63) is 64.0 Å². The minimum Gasteiger partial charge on any atom is -0.488 e. The number of nitrogens with one attached hydrogen (secondary N) is 1. The number of ether oxygens (including phenoxy) is 3. The van der Waals surface area contributed by atoms with Gasteiger partial charge in [-0.2, -0.15) is 0 Å². The molecule has 3 aromatic rings. The number of benzene rings is 2. The lowest BCUT2D eigenvalue weighted by atomic mass is 9.93. The van der Waals surface area contributed by atoms with Crippen LogP contribution in [-0.4, -0.2) is 55.9 Å². The number of para-hydroxylation sites is 1. The number of fused-ring (bicyclic) bond motifs is 1. The van der Waals surface area contributed by atoms with Crippen LogP contribution in [0.5, 0.6) is 5.75 Å². The van der Waals surface area contributed by atoms with Gasteiger partial charge >= 0.3 is 5.97 Å². The van der Waals surface area contributed by atoms with Crippen LogP contribution in [0.3, 0.4) is 0 Å². The number of aryl methyl sites for hydroxylation is 1. The van der Waals surface area contributed by atoms with Crippen LogP contribution in [0.25, 0.3) is 11.3 Å². The highest BCUT2D eigenvalue weighted by Crippen LogP contribution is 2.37. The highest BCUT2D eigenvalue weighted by Gasteiger charge is 2.38. The predicted octanol–water partition coefficient (Wildman–Crippen LogP) is 6.13. The molecule has 220 valence electrons. The zero-order chi connectivity index (χ0) is 29.1. The van der Waals surface area contributed by atoms with Gasteiger partial charge in [0.1, 0.15) is 18.0 Å². The topological polar surface area (TPSA) is 72.9 Å².